The molecule has 88 valence electrons. The second kappa shape index (κ2) is 7.88. The van der Waals surface area contributed by atoms with E-state index in [1.54, 1.807) is 0 Å². The molecule has 15 heteroatoms. The molecule has 0 heterocycles. The molecule has 3 N–H and O–H groups in total. The topological polar surface area (TPSA) is 195 Å². The zero-order chi connectivity index (χ0) is 12.2. The summed E-state index contributed by atoms with van der Waals surface area (Å²) in [5.74, 6) is 0. The quantitative estimate of drug-likeness (QED) is 0.243. The predicted molar refractivity (Wildman–Crippen MR) is 20.6 cm³/mol. The van der Waals surface area contributed by atoms with Crippen LogP contribution in [0.4, 0.5) is 0 Å². The molecule has 0 fully saturated rings. The van der Waals surface area contributed by atoms with E-state index in [9.17, 15) is 15.2 Å². The van der Waals surface area contributed by atoms with Crippen LogP contribution in [0.1, 0.15) is 0 Å². The Bertz CT molecular complexity index is 411. The van der Waals surface area contributed by atoms with E-state index in [1.807, 2.05) is 0 Å². The van der Waals surface area contributed by atoms with Gasteiger partial charge in [0.1, 0.15) is 0 Å². The Hall–Kier alpha value is 1.65. The van der Waals surface area contributed by atoms with Gasteiger partial charge in [-0.25, -0.2) is 8.42 Å². The van der Waals surface area contributed by atoms with Gasteiger partial charge in [-0.15, -0.1) is 0 Å². The summed E-state index contributed by atoms with van der Waals surface area (Å²) >= 11 is -11.5. The summed E-state index contributed by atoms with van der Waals surface area (Å²) in [4.78, 5) is 0. The monoisotopic (exact) mass is 354 g/mol. The minimum atomic E-state index is -5.76. The molecule has 0 saturated carbocycles. The van der Waals surface area contributed by atoms with Crippen LogP contribution in [0.3, 0.4) is 0 Å². The maximum absolute atomic E-state index is 9.53. The summed E-state index contributed by atoms with van der Waals surface area (Å²) in [6.07, 6.45) is 0. The fourth-order valence-corrected chi connectivity index (χ4v) is 1.85. The molecule has 0 aliphatic carbocycles. The van der Waals surface area contributed by atoms with E-state index in [-0.39, 0.29) is 51.4 Å². The Labute approximate surface area is 131 Å². The minimum absolute atomic E-state index is 0. The van der Waals surface area contributed by atoms with Gasteiger partial charge in [0.2, 0.25) is 10.4 Å². The second-order valence-corrected chi connectivity index (χ2v) is 5.97. The Morgan fingerprint density at radius 3 is 1.13 bits per heavy atom. The van der Waals surface area contributed by atoms with E-state index < -0.39 is 37.6 Å². The van der Waals surface area contributed by atoms with Crippen molar-refractivity contribution in [3.8, 4) is 0 Å². The fraction of sp³-hybridized carbons (Fsp3) is 0. The summed E-state index contributed by atoms with van der Waals surface area (Å²) < 4.78 is 89.1. The molecule has 0 rings (SSSR count). The number of rotatable bonds is 2. The first kappa shape index (κ1) is 21.9. The molecule has 11 nitrogen and oxygen atoms in total. The first-order chi connectivity index (χ1) is 5.71. The van der Waals surface area contributed by atoms with Crippen LogP contribution in [-0.2, 0) is 55.7 Å². The molecule has 0 saturated heterocycles. The van der Waals surface area contributed by atoms with Gasteiger partial charge in [0.05, 0.1) is 0 Å². The molecule has 0 amide bonds. The summed E-state index contributed by atoms with van der Waals surface area (Å²) in [5, 5.41) is 0. The van der Waals surface area contributed by atoms with Crippen LogP contribution in [-0.4, -0.2) is 25.8 Å². The van der Waals surface area contributed by atoms with E-state index in [1.165, 1.54) is 0 Å². The molecular weight excluding hydrogens is 351 g/mol. The van der Waals surface area contributed by atoms with Crippen molar-refractivity contribution >= 4 is 10.4 Å². The third kappa shape index (κ3) is 49.8. The van der Waals surface area contributed by atoms with Gasteiger partial charge < -0.3 is 4.55 Å². The van der Waals surface area contributed by atoms with Crippen molar-refractivity contribution in [3.05, 3.63) is 0 Å². The molecule has 0 aromatic heterocycles. The molecule has 0 unspecified atom stereocenters. The van der Waals surface area contributed by atoms with Crippen molar-refractivity contribution in [1.29, 1.82) is 0 Å². The van der Waals surface area contributed by atoms with Crippen molar-refractivity contribution in [3.63, 3.8) is 0 Å². The van der Waals surface area contributed by atoms with Crippen LogP contribution < -0.4 is 51.4 Å². The second-order valence-electron chi connectivity index (χ2n) is 1.35. The van der Waals surface area contributed by atoms with E-state index in [0.29, 0.717) is 0 Å². The van der Waals surface area contributed by atoms with Crippen LogP contribution in [0.15, 0.2) is 0 Å². The van der Waals surface area contributed by atoms with Gasteiger partial charge in [-0.05, 0) is 0 Å². The van der Waals surface area contributed by atoms with E-state index in [0.717, 1.165) is 0 Å². The van der Waals surface area contributed by atoms with Crippen molar-refractivity contribution in [2.24, 2.45) is 0 Å². The maximum atomic E-state index is 9.53. The Balaban J connectivity index is -0.000000208. The first-order valence-corrected chi connectivity index (χ1v) is 7.68. The van der Waals surface area contributed by atoms with Gasteiger partial charge >= 0.3 is 105 Å². The number of hydrogen-bond acceptors (Lipinski definition) is 8. The molecule has 15 heavy (non-hydrogen) atoms. The normalized spacial score (nSPS) is 12.0. The molecule has 0 aliphatic heterocycles. The Morgan fingerprint density at radius 2 is 1.13 bits per heavy atom. The van der Waals surface area contributed by atoms with Crippen LogP contribution in [0, 0.1) is 0 Å². The average Bonchev–Trinajstić information content (AvgIpc) is 1.42. The molecule has 0 aromatic carbocycles. The average molecular weight is 354 g/mol. The van der Waals surface area contributed by atoms with Crippen LogP contribution in [0.25, 0.3) is 0 Å². The standard InChI is InChI=1S/2Cr.K.H2O4S.2H2O.5O/c;;;1-5(2,3)4;;;;;;;/h;;;(H2,1,2,3,4);2*1H2;;;;;/q3*+1;;;;;;;;/p-3. The van der Waals surface area contributed by atoms with Gasteiger partial charge in [-0.3, -0.25) is 4.55 Å². The van der Waals surface area contributed by atoms with Crippen LogP contribution >= 0.6 is 0 Å². The van der Waals surface area contributed by atoms with E-state index in [4.69, 9.17) is 25.8 Å². The van der Waals surface area contributed by atoms with Crippen LogP contribution in [0.2, 0.25) is 0 Å². The fourth-order valence-electron chi connectivity index (χ4n) is 0.109. The molecule has 0 atom stereocenters. The van der Waals surface area contributed by atoms with Gasteiger partial charge in [-0.1, -0.05) is 0 Å². The van der Waals surface area contributed by atoms with Gasteiger partial charge in [0, 0.05) is 0 Å². The van der Waals surface area contributed by atoms with Gasteiger partial charge in [-0.2, -0.15) is 0 Å². The third-order valence-electron chi connectivity index (χ3n) is 0.172. The van der Waals surface area contributed by atoms with E-state index in [2.05, 4.69) is 2.84 Å². The summed E-state index contributed by atoms with van der Waals surface area (Å²) in [5.41, 5.74) is 0. The Morgan fingerprint density at radius 1 is 1.00 bits per heavy atom. The summed E-state index contributed by atoms with van der Waals surface area (Å²) in [7, 11) is -4.92. The predicted octanol–water partition coefficient (Wildman–Crippen LogP) is -5.65. The molecule has 0 aromatic rings. The Kier molecular flexibility index (Phi) is 11.5. The third-order valence-corrected chi connectivity index (χ3v) is 2.92. The molecular formula is H3Cr2KO11S. The zero-order valence-corrected chi connectivity index (χ0v) is 13.3. The van der Waals surface area contributed by atoms with Gasteiger partial charge in [0.25, 0.3) is 0 Å². The van der Waals surface area contributed by atoms with Crippen molar-refractivity contribution < 1.29 is 123 Å². The summed E-state index contributed by atoms with van der Waals surface area (Å²) in [6.45, 7) is 0. The van der Waals surface area contributed by atoms with Crippen LogP contribution in [0.5, 0.6) is 0 Å². The van der Waals surface area contributed by atoms with Crippen molar-refractivity contribution in [2.45, 2.75) is 0 Å². The van der Waals surface area contributed by atoms with Crippen molar-refractivity contribution in [1.82, 2.24) is 0 Å². The zero-order valence-electron chi connectivity index (χ0n) is 6.83. The SMILES string of the molecule is O=S(=O)([O-])O.[K+].[O]=[Cr](=[O])([OH])[O][Cr](=[O])(=[O])[OH]. The van der Waals surface area contributed by atoms with E-state index >= 15 is 0 Å². The first-order valence-electron chi connectivity index (χ1n) is 2.05. The van der Waals surface area contributed by atoms with Gasteiger partial charge in [0.15, 0.2) is 0 Å². The molecule has 0 radical (unpaired) electrons. The molecule has 0 spiro atoms. The molecule has 0 aliphatic rings. The summed E-state index contributed by atoms with van der Waals surface area (Å²) in [6, 6.07) is 0. The number of hydrogen-bond donors (Lipinski definition) is 3. The van der Waals surface area contributed by atoms with Crippen molar-refractivity contribution in [2.75, 3.05) is 0 Å². The molecule has 0 bridgehead atoms.